The molecule has 0 fully saturated rings. The van der Waals surface area contributed by atoms with E-state index in [0.717, 1.165) is 6.21 Å². The van der Waals surface area contributed by atoms with Gasteiger partial charge in [-0.1, -0.05) is 18.2 Å². The van der Waals surface area contributed by atoms with Crippen LogP contribution in [0.25, 0.3) is 10.9 Å². The van der Waals surface area contributed by atoms with Gasteiger partial charge in [-0.05, 0) is 6.07 Å². The summed E-state index contributed by atoms with van der Waals surface area (Å²) in [6, 6.07) is 0.999. The largest absolute Gasteiger partial charge is 0.462 e. The Kier molecular flexibility index (Phi) is 3.80. The molecule has 0 saturated heterocycles. The number of H-pyrrole nitrogens is 1. The lowest BCUT2D eigenvalue weighted by Crippen LogP contribution is -2.58. The average molecular weight is 327 g/mol. The number of alkyl halides is 7. The monoisotopic (exact) mass is 327 g/mol. The fourth-order valence-corrected chi connectivity index (χ4v) is 1.63. The summed E-state index contributed by atoms with van der Waals surface area (Å²) in [4.78, 5) is 2.76. The highest BCUT2D eigenvalue weighted by atomic mass is 19.4. The summed E-state index contributed by atoms with van der Waals surface area (Å²) in [5.41, 5.74) is 1.43. The van der Waals surface area contributed by atoms with Crippen molar-refractivity contribution in [2.24, 2.45) is 5.10 Å². The number of rotatable bonds is 4. The minimum atomic E-state index is -6.40. The van der Waals surface area contributed by atoms with Crippen molar-refractivity contribution in [3.05, 3.63) is 36.0 Å². The van der Waals surface area contributed by atoms with Crippen LogP contribution in [0.15, 0.2) is 35.6 Å². The number of para-hydroxylation sites is 1. The summed E-state index contributed by atoms with van der Waals surface area (Å²) >= 11 is 0. The fourth-order valence-electron chi connectivity index (χ4n) is 1.63. The van der Waals surface area contributed by atoms with Crippen molar-refractivity contribution in [2.45, 2.75) is 18.1 Å². The molecule has 10 heteroatoms. The van der Waals surface area contributed by atoms with Gasteiger partial charge in [-0.15, -0.1) is 0 Å². The highest BCUT2D eigenvalue weighted by Gasteiger charge is 2.73. The van der Waals surface area contributed by atoms with Gasteiger partial charge in [0.1, 0.15) is 0 Å². The topological polar surface area (TPSA) is 40.2 Å². The van der Waals surface area contributed by atoms with Gasteiger partial charge in [0.25, 0.3) is 0 Å². The van der Waals surface area contributed by atoms with E-state index in [-0.39, 0.29) is 5.56 Å². The SMILES string of the molecule is FC(F)(F)C(F)(F)C(F)(F)N/N=C/c1c[nH]c2ccccc12. The predicted octanol–water partition coefficient (Wildman–Crippen LogP) is 3.88. The molecule has 1 aromatic heterocycles. The summed E-state index contributed by atoms with van der Waals surface area (Å²) in [6.45, 7) is 0. The van der Waals surface area contributed by atoms with Crippen molar-refractivity contribution in [1.29, 1.82) is 0 Å². The van der Waals surface area contributed by atoms with E-state index in [1.807, 2.05) is 0 Å². The van der Waals surface area contributed by atoms with Crippen LogP contribution in [0.2, 0.25) is 0 Å². The third-order valence-corrected chi connectivity index (χ3v) is 2.78. The zero-order chi connectivity index (χ0) is 16.6. The van der Waals surface area contributed by atoms with Crippen LogP contribution in [0.4, 0.5) is 30.7 Å². The second kappa shape index (κ2) is 5.18. The number of aromatic amines is 1. The quantitative estimate of drug-likeness (QED) is 0.380. The van der Waals surface area contributed by atoms with E-state index in [2.05, 4.69) is 10.1 Å². The molecule has 0 aliphatic heterocycles. The second-order valence-corrected chi connectivity index (χ2v) is 4.31. The van der Waals surface area contributed by atoms with Gasteiger partial charge in [0.15, 0.2) is 0 Å². The number of halogens is 7. The normalized spacial score (nSPS) is 14.0. The second-order valence-electron chi connectivity index (χ2n) is 4.31. The molecule has 120 valence electrons. The maximum absolute atomic E-state index is 12.9. The Morgan fingerprint density at radius 1 is 1.00 bits per heavy atom. The molecule has 2 aromatic rings. The van der Waals surface area contributed by atoms with Crippen LogP contribution < -0.4 is 5.43 Å². The Labute approximate surface area is 118 Å². The summed E-state index contributed by atoms with van der Waals surface area (Å²) < 4.78 is 86.8. The van der Waals surface area contributed by atoms with Gasteiger partial charge in [0, 0.05) is 22.7 Å². The molecule has 1 heterocycles. The molecule has 0 spiro atoms. The molecule has 0 saturated carbocycles. The Morgan fingerprint density at radius 2 is 1.64 bits per heavy atom. The maximum atomic E-state index is 12.9. The lowest BCUT2D eigenvalue weighted by molar-refractivity contribution is -0.361. The van der Waals surface area contributed by atoms with E-state index in [1.54, 1.807) is 24.3 Å². The molecule has 2 rings (SSSR count). The number of nitrogens with zero attached hydrogens (tertiary/aromatic N) is 1. The highest BCUT2D eigenvalue weighted by molar-refractivity contribution is 5.98. The lowest BCUT2D eigenvalue weighted by Gasteiger charge is -2.27. The minimum absolute atomic E-state index is 0.245. The van der Waals surface area contributed by atoms with Crippen LogP contribution in [0.1, 0.15) is 5.56 Å². The molecule has 3 nitrogen and oxygen atoms in total. The zero-order valence-electron chi connectivity index (χ0n) is 10.6. The number of nitrogens with one attached hydrogen (secondary N) is 2. The van der Waals surface area contributed by atoms with Gasteiger partial charge in [-0.25, -0.2) is 5.43 Å². The summed E-state index contributed by atoms with van der Waals surface area (Å²) in [6.07, 6.45) is -4.34. The van der Waals surface area contributed by atoms with E-state index < -0.39 is 18.1 Å². The van der Waals surface area contributed by atoms with Gasteiger partial charge in [0.2, 0.25) is 0 Å². The van der Waals surface area contributed by atoms with Crippen LogP contribution in [-0.2, 0) is 0 Å². The molecule has 2 N–H and O–H groups in total. The third-order valence-electron chi connectivity index (χ3n) is 2.78. The van der Waals surface area contributed by atoms with Gasteiger partial charge in [-0.2, -0.15) is 35.8 Å². The predicted molar refractivity (Wildman–Crippen MR) is 65.0 cm³/mol. The number of hydrogen-bond donors (Lipinski definition) is 2. The first-order valence-corrected chi connectivity index (χ1v) is 5.75. The van der Waals surface area contributed by atoms with Crippen molar-refractivity contribution < 1.29 is 30.7 Å². The molecular weight excluding hydrogens is 319 g/mol. The Hall–Kier alpha value is -2.26. The van der Waals surface area contributed by atoms with Gasteiger partial charge < -0.3 is 4.98 Å². The van der Waals surface area contributed by atoms with Crippen LogP contribution in [-0.4, -0.2) is 29.3 Å². The summed E-state index contributed by atoms with van der Waals surface area (Å²) in [5.74, 6) is -6.25. The van der Waals surface area contributed by atoms with Crippen LogP contribution in [0.3, 0.4) is 0 Å². The molecule has 0 aliphatic rings. The molecule has 0 atom stereocenters. The zero-order valence-corrected chi connectivity index (χ0v) is 10.6. The standard InChI is InChI=1S/C12H8F7N3/c13-10(14,11(15,16)17)12(18,19)22-21-6-7-5-20-9-4-2-1-3-8(7)9/h1-6,20,22H/b21-6+. The van der Waals surface area contributed by atoms with Gasteiger partial charge in [-0.3, -0.25) is 0 Å². The van der Waals surface area contributed by atoms with Gasteiger partial charge >= 0.3 is 18.1 Å². The molecule has 0 bridgehead atoms. The molecule has 0 radical (unpaired) electrons. The van der Waals surface area contributed by atoms with Gasteiger partial charge in [0.05, 0.1) is 6.21 Å². The number of fused-ring (bicyclic) bond motifs is 1. The summed E-state index contributed by atoms with van der Waals surface area (Å²) in [7, 11) is 0. The number of hydrazone groups is 1. The fraction of sp³-hybridized carbons (Fsp3) is 0.250. The number of benzene rings is 1. The Bertz CT molecular complexity index is 687. The first-order chi connectivity index (χ1) is 10.1. The number of hydrogen-bond acceptors (Lipinski definition) is 2. The van der Waals surface area contributed by atoms with Crippen molar-refractivity contribution in [3.63, 3.8) is 0 Å². The summed E-state index contributed by atoms with van der Waals surface area (Å²) in [5, 5.41) is 3.33. The van der Waals surface area contributed by atoms with Crippen molar-refractivity contribution in [1.82, 2.24) is 10.4 Å². The lowest BCUT2D eigenvalue weighted by atomic mass is 10.2. The van der Waals surface area contributed by atoms with Crippen LogP contribution in [0, 0.1) is 0 Å². The van der Waals surface area contributed by atoms with E-state index in [0.29, 0.717) is 16.3 Å². The smallest absolute Gasteiger partial charge is 0.361 e. The Morgan fingerprint density at radius 3 is 2.27 bits per heavy atom. The first-order valence-electron chi connectivity index (χ1n) is 5.75. The average Bonchev–Trinajstić information content (AvgIpc) is 2.81. The van der Waals surface area contributed by atoms with E-state index in [4.69, 9.17) is 0 Å². The van der Waals surface area contributed by atoms with Crippen LogP contribution in [0.5, 0.6) is 0 Å². The first kappa shape index (κ1) is 16.1. The van der Waals surface area contributed by atoms with Crippen molar-refractivity contribution in [3.8, 4) is 0 Å². The minimum Gasteiger partial charge on any atom is -0.361 e. The van der Waals surface area contributed by atoms with Crippen molar-refractivity contribution >= 4 is 17.1 Å². The maximum Gasteiger partial charge on any atom is 0.462 e. The van der Waals surface area contributed by atoms with E-state index in [9.17, 15) is 30.7 Å². The van der Waals surface area contributed by atoms with Crippen molar-refractivity contribution in [2.75, 3.05) is 0 Å². The molecule has 1 aromatic carbocycles. The number of aromatic nitrogens is 1. The van der Waals surface area contributed by atoms with Crippen LogP contribution >= 0.6 is 0 Å². The molecule has 22 heavy (non-hydrogen) atoms. The Balaban J connectivity index is 2.18. The molecule has 0 amide bonds. The molecular formula is C12H8F7N3. The van der Waals surface area contributed by atoms with E-state index in [1.165, 1.54) is 6.20 Å². The molecule has 0 aliphatic carbocycles. The molecule has 0 unspecified atom stereocenters. The third kappa shape index (κ3) is 2.72. The highest BCUT2D eigenvalue weighted by Crippen LogP contribution is 2.44. The van der Waals surface area contributed by atoms with E-state index >= 15 is 0 Å².